The molecule has 0 spiro atoms. The van der Waals surface area contributed by atoms with E-state index in [1.165, 1.54) is 0 Å². The van der Waals surface area contributed by atoms with Crippen LogP contribution in [0.4, 0.5) is 0 Å². The van der Waals surface area contributed by atoms with Crippen molar-refractivity contribution in [2.45, 2.75) is 37.9 Å². The van der Waals surface area contributed by atoms with Crippen LogP contribution in [-0.2, 0) is 4.79 Å². The minimum absolute atomic E-state index is 0.111. The van der Waals surface area contributed by atoms with Crippen LogP contribution in [0.25, 0.3) is 0 Å². The molecule has 92 valence electrons. The third-order valence-corrected chi connectivity index (χ3v) is 5.08. The summed E-state index contributed by atoms with van der Waals surface area (Å²) in [6.45, 7) is 6.58. The Balaban J connectivity index is 2.15. The molecule has 17 heavy (non-hydrogen) atoms. The second-order valence-corrected chi connectivity index (χ2v) is 9.04. The lowest BCUT2D eigenvalue weighted by Gasteiger charge is -2.18. The standard InChI is InChI=1S/C13H19NO2Si/c1-13(2,3)17-14-10(11(14)12(15)16)9-7-5-4-6-8-9/h4-8,10-11H,17H2,1-3H3,(H,15,16)/t10-,11-,14?/m0/s1. The van der Waals surface area contributed by atoms with Gasteiger partial charge in [0.15, 0.2) is 0 Å². The van der Waals surface area contributed by atoms with E-state index >= 15 is 0 Å². The van der Waals surface area contributed by atoms with Gasteiger partial charge in [0.2, 0.25) is 0 Å². The van der Waals surface area contributed by atoms with Crippen molar-refractivity contribution in [1.29, 1.82) is 0 Å². The van der Waals surface area contributed by atoms with Gasteiger partial charge in [-0.15, -0.1) is 0 Å². The van der Waals surface area contributed by atoms with Gasteiger partial charge in [0.25, 0.3) is 0 Å². The first-order chi connectivity index (χ1) is 7.90. The van der Waals surface area contributed by atoms with Crippen molar-refractivity contribution >= 4 is 15.7 Å². The van der Waals surface area contributed by atoms with E-state index in [0.29, 0.717) is 0 Å². The third kappa shape index (κ3) is 2.76. The van der Waals surface area contributed by atoms with Gasteiger partial charge < -0.3 is 9.67 Å². The maximum atomic E-state index is 11.2. The fourth-order valence-electron chi connectivity index (χ4n) is 2.32. The number of carboxylic acid groups (broad SMARTS) is 1. The van der Waals surface area contributed by atoms with Gasteiger partial charge in [-0.1, -0.05) is 51.1 Å². The van der Waals surface area contributed by atoms with Gasteiger partial charge in [-0.25, -0.2) is 0 Å². The lowest BCUT2D eigenvalue weighted by molar-refractivity contribution is -0.137. The Morgan fingerprint density at radius 1 is 1.29 bits per heavy atom. The van der Waals surface area contributed by atoms with Crippen molar-refractivity contribution < 1.29 is 9.90 Å². The maximum absolute atomic E-state index is 11.2. The highest BCUT2D eigenvalue weighted by Gasteiger charge is 2.53. The molecule has 4 heteroatoms. The molecule has 2 rings (SSSR count). The lowest BCUT2D eigenvalue weighted by atomic mass is 10.1. The third-order valence-electron chi connectivity index (χ3n) is 2.97. The molecule has 1 aromatic carbocycles. The molecule has 1 heterocycles. The predicted octanol–water partition coefficient (Wildman–Crippen LogP) is 1.80. The second kappa shape index (κ2) is 4.27. The number of hydrogen-bond donors (Lipinski definition) is 1. The van der Waals surface area contributed by atoms with E-state index in [-0.39, 0.29) is 17.1 Å². The zero-order chi connectivity index (χ0) is 12.6. The summed E-state index contributed by atoms with van der Waals surface area (Å²) in [5, 5.41) is 9.49. The first-order valence-corrected chi connectivity index (χ1v) is 7.27. The zero-order valence-corrected chi connectivity index (χ0v) is 12.0. The van der Waals surface area contributed by atoms with E-state index in [0.717, 1.165) is 5.56 Å². The Morgan fingerprint density at radius 2 is 1.88 bits per heavy atom. The SMILES string of the molecule is CC(C)(C)[SiH2]N1[C@H](C(=O)O)[C@@H]1c1ccccc1. The van der Waals surface area contributed by atoms with Crippen LogP contribution in [0.5, 0.6) is 0 Å². The number of carboxylic acids is 1. The highest BCUT2D eigenvalue weighted by atomic mass is 28.2. The van der Waals surface area contributed by atoms with E-state index in [4.69, 9.17) is 0 Å². The van der Waals surface area contributed by atoms with Crippen molar-refractivity contribution in [1.82, 2.24) is 4.57 Å². The Morgan fingerprint density at radius 3 is 2.35 bits per heavy atom. The highest BCUT2D eigenvalue weighted by molar-refractivity contribution is 6.38. The van der Waals surface area contributed by atoms with Crippen LogP contribution in [0.1, 0.15) is 32.4 Å². The average molecular weight is 249 g/mol. The molecule has 1 N–H and O–H groups in total. The van der Waals surface area contributed by atoms with Gasteiger partial charge in [0.05, 0.1) is 6.04 Å². The Kier molecular flexibility index (Phi) is 3.10. The molecule has 1 aromatic rings. The summed E-state index contributed by atoms with van der Waals surface area (Å²) in [5.74, 6) is -0.685. The normalized spacial score (nSPS) is 28.5. The van der Waals surface area contributed by atoms with Crippen LogP contribution in [0.2, 0.25) is 5.04 Å². The molecule has 0 aromatic heterocycles. The molecule has 0 bridgehead atoms. The van der Waals surface area contributed by atoms with E-state index in [1.54, 1.807) is 0 Å². The average Bonchev–Trinajstić information content (AvgIpc) is 2.90. The fraction of sp³-hybridized carbons (Fsp3) is 0.462. The van der Waals surface area contributed by atoms with E-state index in [1.807, 2.05) is 30.3 Å². The van der Waals surface area contributed by atoms with Crippen molar-refractivity contribution in [3.05, 3.63) is 35.9 Å². The van der Waals surface area contributed by atoms with Gasteiger partial charge in [0, 0.05) is 0 Å². The molecule has 1 aliphatic heterocycles. The molecule has 0 aliphatic carbocycles. The van der Waals surface area contributed by atoms with Crippen LogP contribution in [0, 0.1) is 0 Å². The summed E-state index contributed by atoms with van der Waals surface area (Å²) < 4.78 is 2.19. The van der Waals surface area contributed by atoms with Gasteiger partial charge in [-0.3, -0.25) is 4.79 Å². The molecule has 0 radical (unpaired) electrons. The van der Waals surface area contributed by atoms with Crippen LogP contribution >= 0.6 is 0 Å². The summed E-state index contributed by atoms with van der Waals surface area (Å²) in [6.07, 6.45) is 0. The predicted molar refractivity (Wildman–Crippen MR) is 70.7 cm³/mol. The zero-order valence-electron chi connectivity index (χ0n) is 10.6. The Labute approximate surface area is 104 Å². The molecule has 1 fully saturated rings. The van der Waals surface area contributed by atoms with Crippen LogP contribution < -0.4 is 0 Å². The van der Waals surface area contributed by atoms with Crippen LogP contribution in [0.3, 0.4) is 0 Å². The first-order valence-electron chi connectivity index (χ1n) is 5.94. The molecule has 0 amide bonds. The largest absolute Gasteiger partial charge is 0.480 e. The molecule has 1 saturated heterocycles. The minimum Gasteiger partial charge on any atom is -0.480 e. The van der Waals surface area contributed by atoms with Gasteiger partial charge in [0.1, 0.15) is 15.7 Å². The van der Waals surface area contributed by atoms with Crippen molar-refractivity contribution in [3.63, 3.8) is 0 Å². The van der Waals surface area contributed by atoms with Gasteiger partial charge >= 0.3 is 5.97 Å². The molecular weight excluding hydrogens is 230 g/mol. The topological polar surface area (TPSA) is 40.3 Å². The quantitative estimate of drug-likeness (QED) is 0.656. The van der Waals surface area contributed by atoms with E-state index < -0.39 is 15.7 Å². The van der Waals surface area contributed by atoms with E-state index in [9.17, 15) is 9.90 Å². The minimum atomic E-state index is -0.685. The number of rotatable bonds is 3. The molecular formula is C13H19NO2Si. The molecule has 3 atom stereocenters. The van der Waals surface area contributed by atoms with Crippen molar-refractivity contribution in [3.8, 4) is 0 Å². The summed E-state index contributed by atoms with van der Waals surface area (Å²) in [5.41, 5.74) is 1.14. The number of nitrogens with zero attached hydrogens (tertiary/aromatic N) is 1. The molecule has 1 aliphatic rings. The number of carbonyl (C=O) groups is 1. The van der Waals surface area contributed by atoms with E-state index in [2.05, 4.69) is 25.3 Å². The van der Waals surface area contributed by atoms with Gasteiger partial charge in [-0.05, 0) is 10.6 Å². The summed E-state index contributed by atoms with van der Waals surface area (Å²) in [7, 11) is -0.533. The van der Waals surface area contributed by atoms with Crippen LogP contribution in [-0.4, -0.2) is 31.4 Å². The monoisotopic (exact) mass is 249 g/mol. The first kappa shape index (κ1) is 12.3. The fourth-order valence-corrected chi connectivity index (χ4v) is 4.48. The van der Waals surface area contributed by atoms with Crippen molar-refractivity contribution in [2.24, 2.45) is 0 Å². The lowest BCUT2D eigenvalue weighted by Crippen LogP contribution is -2.22. The Hall–Kier alpha value is -1.13. The summed E-state index contributed by atoms with van der Waals surface area (Å²) >= 11 is 0. The number of hydrogen-bond acceptors (Lipinski definition) is 2. The van der Waals surface area contributed by atoms with Gasteiger partial charge in [-0.2, -0.15) is 0 Å². The second-order valence-electron chi connectivity index (χ2n) is 5.87. The molecule has 0 saturated carbocycles. The summed E-state index contributed by atoms with van der Waals surface area (Å²) in [6, 6.07) is 9.79. The highest BCUT2D eigenvalue weighted by Crippen LogP contribution is 2.45. The number of benzene rings is 1. The molecule has 3 nitrogen and oxygen atoms in total. The molecule has 1 unspecified atom stereocenters. The smallest absolute Gasteiger partial charge is 0.322 e. The maximum Gasteiger partial charge on any atom is 0.322 e. The number of aliphatic carboxylic acids is 1. The summed E-state index contributed by atoms with van der Waals surface area (Å²) in [4.78, 5) is 11.2. The van der Waals surface area contributed by atoms with Crippen molar-refractivity contribution in [2.75, 3.05) is 0 Å². The Bertz CT molecular complexity index is 413. The van der Waals surface area contributed by atoms with Crippen LogP contribution in [0.15, 0.2) is 30.3 Å².